The maximum absolute atomic E-state index is 5.49. The molecule has 0 saturated carbocycles. The second kappa shape index (κ2) is 6.63. The van der Waals surface area contributed by atoms with Crippen LogP contribution in [0.5, 0.6) is 17.2 Å². The van der Waals surface area contributed by atoms with Crippen molar-refractivity contribution in [2.75, 3.05) is 21.3 Å². The van der Waals surface area contributed by atoms with E-state index < -0.39 is 0 Å². The number of benzene rings is 1. The van der Waals surface area contributed by atoms with Crippen LogP contribution in [0.1, 0.15) is 26.3 Å². The normalized spacial score (nSPS) is 11.3. The number of hydroxylamine groups is 1. The molecule has 0 spiro atoms. The molecule has 0 aliphatic carbocycles. The highest BCUT2D eigenvalue weighted by Crippen LogP contribution is 2.39. The zero-order chi connectivity index (χ0) is 14.5. The topological polar surface area (TPSA) is 49.0 Å². The Morgan fingerprint density at radius 2 is 1.58 bits per heavy atom. The number of methoxy groups -OCH3 is 3. The molecule has 0 amide bonds. The molecule has 0 aliphatic heterocycles. The summed E-state index contributed by atoms with van der Waals surface area (Å²) in [7, 11) is 4.78. The van der Waals surface area contributed by atoms with Crippen LogP contribution in [-0.4, -0.2) is 26.9 Å². The van der Waals surface area contributed by atoms with E-state index in [2.05, 4.69) is 5.48 Å². The summed E-state index contributed by atoms with van der Waals surface area (Å²) in [4.78, 5) is 5.49. The summed E-state index contributed by atoms with van der Waals surface area (Å²) in [5.74, 6) is 1.87. The van der Waals surface area contributed by atoms with Crippen molar-refractivity contribution in [3.63, 3.8) is 0 Å². The van der Waals surface area contributed by atoms with Gasteiger partial charge < -0.3 is 14.2 Å². The van der Waals surface area contributed by atoms with Crippen LogP contribution in [0.15, 0.2) is 12.1 Å². The maximum Gasteiger partial charge on any atom is 0.203 e. The van der Waals surface area contributed by atoms with E-state index in [1.165, 1.54) is 0 Å². The highest BCUT2D eigenvalue weighted by atomic mass is 16.7. The molecule has 1 rings (SSSR count). The number of hydrogen-bond donors (Lipinski definition) is 1. The lowest BCUT2D eigenvalue weighted by Crippen LogP contribution is -2.28. The Hall–Kier alpha value is -1.46. The first-order valence-electron chi connectivity index (χ1n) is 6.11. The minimum Gasteiger partial charge on any atom is -0.493 e. The molecule has 5 nitrogen and oxygen atoms in total. The van der Waals surface area contributed by atoms with Crippen LogP contribution in [0.3, 0.4) is 0 Å². The molecule has 1 aromatic carbocycles. The quantitative estimate of drug-likeness (QED) is 0.804. The van der Waals surface area contributed by atoms with Gasteiger partial charge in [-0.05, 0) is 32.9 Å². The Balaban J connectivity index is 2.89. The van der Waals surface area contributed by atoms with Gasteiger partial charge in [0, 0.05) is 12.1 Å². The second-order valence-electron chi connectivity index (χ2n) is 5.03. The SMILES string of the molecule is COc1ccc(CNOC(C)(C)C)c(OC)c1OC. The largest absolute Gasteiger partial charge is 0.493 e. The van der Waals surface area contributed by atoms with E-state index in [9.17, 15) is 0 Å². The van der Waals surface area contributed by atoms with Gasteiger partial charge in [0.2, 0.25) is 5.75 Å². The first-order chi connectivity index (χ1) is 8.92. The number of ether oxygens (including phenoxy) is 3. The summed E-state index contributed by atoms with van der Waals surface area (Å²) < 4.78 is 16.0. The predicted octanol–water partition coefficient (Wildman–Crippen LogP) is 2.53. The number of nitrogens with one attached hydrogen (secondary N) is 1. The lowest BCUT2D eigenvalue weighted by molar-refractivity contribution is -0.0759. The summed E-state index contributed by atoms with van der Waals surface area (Å²) in [5, 5.41) is 0. The summed E-state index contributed by atoms with van der Waals surface area (Å²) in [6.45, 7) is 6.45. The van der Waals surface area contributed by atoms with Gasteiger partial charge in [0.1, 0.15) is 0 Å². The van der Waals surface area contributed by atoms with Crippen LogP contribution < -0.4 is 19.7 Å². The molecule has 0 bridgehead atoms. The molecular weight excluding hydrogens is 246 g/mol. The fourth-order valence-electron chi connectivity index (χ4n) is 1.63. The van der Waals surface area contributed by atoms with E-state index >= 15 is 0 Å². The molecule has 5 heteroatoms. The maximum atomic E-state index is 5.49. The van der Waals surface area contributed by atoms with Crippen molar-refractivity contribution in [3.8, 4) is 17.2 Å². The molecule has 0 radical (unpaired) electrons. The Morgan fingerprint density at radius 3 is 2.05 bits per heavy atom. The molecule has 0 atom stereocenters. The summed E-state index contributed by atoms with van der Waals surface area (Å²) >= 11 is 0. The Labute approximate surface area is 114 Å². The van der Waals surface area contributed by atoms with E-state index in [0.717, 1.165) is 5.56 Å². The molecule has 0 heterocycles. The van der Waals surface area contributed by atoms with Crippen LogP contribution in [0.25, 0.3) is 0 Å². The van der Waals surface area contributed by atoms with Gasteiger partial charge >= 0.3 is 0 Å². The van der Waals surface area contributed by atoms with E-state index in [-0.39, 0.29) is 5.60 Å². The van der Waals surface area contributed by atoms with Crippen LogP contribution >= 0.6 is 0 Å². The van der Waals surface area contributed by atoms with E-state index in [1.807, 2.05) is 32.9 Å². The number of rotatable bonds is 6. The smallest absolute Gasteiger partial charge is 0.203 e. The van der Waals surface area contributed by atoms with Gasteiger partial charge in [0.15, 0.2) is 11.5 Å². The van der Waals surface area contributed by atoms with E-state index in [1.54, 1.807) is 21.3 Å². The molecule has 0 aliphatic rings. The molecule has 0 saturated heterocycles. The average molecular weight is 269 g/mol. The summed E-state index contributed by atoms with van der Waals surface area (Å²) in [5.41, 5.74) is 3.62. The van der Waals surface area contributed by atoms with Gasteiger partial charge in [-0.2, -0.15) is 5.48 Å². The molecule has 0 fully saturated rings. The third-order valence-corrected chi connectivity index (χ3v) is 2.43. The molecular formula is C14H23NO4. The Morgan fingerprint density at radius 1 is 0.947 bits per heavy atom. The fraction of sp³-hybridized carbons (Fsp3) is 0.571. The first kappa shape index (κ1) is 15.6. The van der Waals surface area contributed by atoms with Crippen molar-refractivity contribution in [2.24, 2.45) is 0 Å². The first-order valence-corrected chi connectivity index (χ1v) is 6.11. The highest BCUT2D eigenvalue weighted by Gasteiger charge is 2.16. The zero-order valence-electron chi connectivity index (χ0n) is 12.5. The molecule has 0 aromatic heterocycles. The third-order valence-electron chi connectivity index (χ3n) is 2.43. The van der Waals surface area contributed by atoms with Crippen LogP contribution in [0.2, 0.25) is 0 Å². The van der Waals surface area contributed by atoms with Crippen LogP contribution in [0.4, 0.5) is 0 Å². The zero-order valence-corrected chi connectivity index (χ0v) is 12.5. The van der Waals surface area contributed by atoms with Crippen molar-refractivity contribution in [1.29, 1.82) is 0 Å². The van der Waals surface area contributed by atoms with Gasteiger partial charge in [-0.15, -0.1) is 0 Å². The standard InChI is InChI=1S/C14H23NO4/c1-14(2,3)19-15-9-10-7-8-11(16-4)13(18-6)12(10)17-5/h7-8,15H,9H2,1-6H3. The molecule has 19 heavy (non-hydrogen) atoms. The molecule has 0 unspecified atom stereocenters. The predicted molar refractivity (Wildman–Crippen MR) is 73.8 cm³/mol. The van der Waals surface area contributed by atoms with Gasteiger partial charge in [0.25, 0.3) is 0 Å². The lowest BCUT2D eigenvalue weighted by Gasteiger charge is -2.21. The monoisotopic (exact) mass is 269 g/mol. The number of hydrogen-bond acceptors (Lipinski definition) is 5. The van der Waals surface area contributed by atoms with Crippen LogP contribution in [-0.2, 0) is 11.4 Å². The van der Waals surface area contributed by atoms with E-state index in [0.29, 0.717) is 23.8 Å². The summed E-state index contributed by atoms with van der Waals surface area (Å²) in [6.07, 6.45) is 0. The van der Waals surface area contributed by atoms with Gasteiger partial charge in [-0.1, -0.05) is 0 Å². The molecule has 1 aromatic rings. The minimum absolute atomic E-state index is 0.246. The van der Waals surface area contributed by atoms with Crippen molar-refractivity contribution in [1.82, 2.24) is 5.48 Å². The second-order valence-corrected chi connectivity index (χ2v) is 5.03. The van der Waals surface area contributed by atoms with Crippen molar-refractivity contribution in [3.05, 3.63) is 17.7 Å². The van der Waals surface area contributed by atoms with Gasteiger partial charge in [0.05, 0.1) is 26.9 Å². The minimum atomic E-state index is -0.246. The Kier molecular flexibility index (Phi) is 5.44. The van der Waals surface area contributed by atoms with Gasteiger partial charge in [-0.3, -0.25) is 4.84 Å². The highest BCUT2D eigenvalue weighted by molar-refractivity contribution is 5.55. The van der Waals surface area contributed by atoms with Crippen molar-refractivity contribution in [2.45, 2.75) is 32.9 Å². The molecule has 108 valence electrons. The average Bonchev–Trinajstić information content (AvgIpc) is 2.36. The van der Waals surface area contributed by atoms with Crippen molar-refractivity contribution >= 4 is 0 Å². The van der Waals surface area contributed by atoms with Crippen molar-refractivity contribution < 1.29 is 19.0 Å². The lowest BCUT2D eigenvalue weighted by atomic mass is 10.1. The third kappa shape index (κ3) is 4.29. The summed E-state index contributed by atoms with van der Waals surface area (Å²) in [6, 6.07) is 3.76. The van der Waals surface area contributed by atoms with Crippen LogP contribution in [0, 0.1) is 0 Å². The van der Waals surface area contributed by atoms with E-state index in [4.69, 9.17) is 19.0 Å². The fourth-order valence-corrected chi connectivity index (χ4v) is 1.63. The Bertz CT molecular complexity index is 413. The van der Waals surface area contributed by atoms with Gasteiger partial charge in [-0.25, -0.2) is 0 Å². The molecule has 1 N–H and O–H groups in total.